The number of hydrogen-bond donors (Lipinski definition) is 6. The summed E-state index contributed by atoms with van der Waals surface area (Å²) in [5.74, 6) is -14.1. The fourth-order valence-electron chi connectivity index (χ4n) is 8.44. The molecular formula is C54H42O18S6. The summed E-state index contributed by atoms with van der Waals surface area (Å²) in [6, 6.07) is 30.8. The van der Waals surface area contributed by atoms with Gasteiger partial charge in [-0.3, -0.25) is 25.3 Å². The van der Waals surface area contributed by atoms with Gasteiger partial charge in [0, 0.05) is 0 Å². The van der Waals surface area contributed by atoms with E-state index in [1.54, 1.807) is 0 Å². The van der Waals surface area contributed by atoms with E-state index in [4.69, 9.17) is 0 Å². The number of hydrogen-bond acceptors (Lipinski definition) is 12. The quantitative estimate of drug-likeness (QED) is 0.0337. The molecule has 0 spiro atoms. The lowest BCUT2D eigenvalue weighted by Crippen LogP contribution is -2.22. The fourth-order valence-corrected chi connectivity index (χ4v) is 16.8. The standard InChI is InChI=1S/C54H42O18S6/c55-49(56)31-13-1-7-19-43(31)73(67)25-37-38(26-74(68)44-20-8-2-14-32(44)50(57)58)40(28-76(70)46-22-10-4-16-34(46)52(61)62)42(30-78(72)48-24-12-6-18-36(48)54(65)66)41(29-77(71)47-23-11-5-17-35(47)53(63)64)39(37)27-75(69)45-21-9-3-15-33(45)51(59)60/h1-24H,25-30H2,(H,55,56)(H,57,58)(H,59,60)(H,61,62)(H,63,64)(H,65,66). The van der Waals surface area contributed by atoms with Crippen molar-refractivity contribution in [3.05, 3.63) is 212 Å². The molecule has 78 heavy (non-hydrogen) atoms. The van der Waals surface area contributed by atoms with Crippen molar-refractivity contribution in [3.8, 4) is 0 Å². The molecule has 18 nitrogen and oxygen atoms in total. The van der Waals surface area contributed by atoms with Gasteiger partial charge in [-0.25, -0.2) is 28.8 Å². The first-order valence-electron chi connectivity index (χ1n) is 22.6. The van der Waals surface area contributed by atoms with Crippen LogP contribution in [0.15, 0.2) is 175 Å². The molecule has 0 amide bonds. The molecule has 402 valence electrons. The number of carboxylic acid groups (broad SMARTS) is 6. The molecule has 0 heterocycles. The molecule has 0 aliphatic carbocycles. The van der Waals surface area contributed by atoms with Crippen molar-refractivity contribution < 1.29 is 84.7 Å². The van der Waals surface area contributed by atoms with Crippen molar-refractivity contribution in [2.24, 2.45) is 0 Å². The average molecular weight is 1170 g/mol. The Morgan fingerprint density at radius 2 is 0.346 bits per heavy atom. The number of rotatable bonds is 24. The molecule has 0 saturated heterocycles. The Kier molecular flexibility index (Phi) is 19.0. The number of aromatic carboxylic acids is 6. The van der Waals surface area contributed by atoms with Gasteiger partial charge in [0.1, 0.15) is 0 Å². The van der Waals surface area contributed by atoms with Crippen molar-refractivity contribution in [1.82, 2.24) is 0 Å². The Morgan fingerprint density at radius 1 is 0.231 bits per heavy atom. The minimum Gasteiger partial charge on any atom is -0.478 e. The third kappa shape index (κ3) is 13.0. The molecule has 6 N–H and O–H groups in total. The van der Waals surface area contributed by atoms with Crippen LogP contribution in [0.5, 0.6) is 0 Å². The predicted octanol–water partition coefficient (Wildman–Crippen LogP) is 7.72. The minimum absolute atomic E-state index is 0.228. The maximum atomic E-state index is 15.1. The SMILES string of the molecule is O=C(O)c1ccccc1S(=O)Cc1c(CS(=O)c2ccccc2C(=O)O)c(CS(=O)c2ccccc2C(=O)O)c(CS(=O)c2ccccc2C(=O)O)c(CS(=O)c2ccccc2C(=O)O)c1CS(=O)c1ccccc1C(=O)O. The van der Waals surface area contributed by atoms with Crippen LogP contribution in [0.3, 0.4) is 0 Å². The highest BCUT2D eigenvalue weighted by Gasteiger charge is 2.34. The summed E-state index contributed by atoms with van der Waals surface area (Å²) >= 11 is 0. The first-order valence-corrected chi connectivity index (χ1v) is 30.5. The molecule has 0 radical (unpaired) electrons. The van der Waals surface area contributed by atoms with Gasteiger partial charge >= 0.3 is 35.8 Å². The van der Waals surface area contributed by atoms with Crippen molar-refractivity contribution in [2.45, 2.75) is 63.9 Å². The van der Waals surface area contributed by atoms with Gasteiger partial charge in [-0.15, -0.1) is 0 Å². The summed E-state index contributed by atoms with van der Waals surface area (Å²) < 4.78 is 90.8. The van der Waals surface area contributed by atoms with Crippen LogP contribution >= 0.6 is 0 Å². The van der Waals surface area contributed by atoms with Gasteiger partial charge in [0.05, 0.1) is 162 Å². The second kappa shape index (κ2) is 25.6. The summed E-state index contributed by atoms with van der Waals surface area (Å²) in [4.78, 5) is 74.3. The zero-order valence-electron chi connectivity index (χ0n) is 40.1. The van der Waals surface area contributed by atoms with Crippen LogP contribution in [0.2, 0.25) is 0 Å². The lowest BCUT2D eigenvalue weighted by molar-refractivity contribution is 0.0682. The molecule has 7 rings (SSSR count). The van der Waals surface area contributed by atoms with Crippen LogP contribution in [0.25, 0.3) is 0 Å². The lowest BCUT2D eigenvalue weighted by Gasteiger charge is -2.27. The summed E-state index contributed by atoms with van der Waals surface area (Å²) in [6.07, 6.45) is 0. The average Bonchev–Trinajstić information content (AvgIpc) is 3.43. The molecule has 0 bridgehead atoms. The summed E-state index contributed by atoms with van der Waals surface area (Å²) in [6.45, 7) is 0. The van der Waals surface area contributed by atoms with E-state index in [1.165, 1.54) is 109 Å². The van der Waals surface area contributed by atoms with Crippen LogP contribution < -0.4 is 0 Å². The highest BCUT2D eigenvalue weighted by Crippen LogP contribution is 2.39. The largest absolute Gasteiger partial charge is 0.478 e. The molecule has 6 unspecified atom stereocenters. The monoisotopic (exact) mass is 1170 g/mol. The van der Waals surface area contributed by atoms with Crippen LogP contribution in [-0.4, -0.2) is 91.7 Å². The van der Waals surface area contributed by atoms with Crippen molar-refractivity contribution in [3.63, 3.8) is 0 Å². The Morgan fingerprint density at radius 3 is 0.462 bits per heavy atom. The van der Waals surface area contributed by atoms with E-state index in [2.05, 4.69) is 0 Å². The summed E-state index contributed by atoms with van der Waals surface area (Å²) in [5, 5.41) is 61.7. The molecular weight excluding hydrogens is 1130 g/mol. The van der Waals surface area contributed by atoms with Gasteiger partial charge in [0.2, 0.25) is 0 Å². The normalized spacial score (nSPS) is 13.5. The number of carboxylic acids is 6. The highest BCUT2D eigenvalue weighted by molar-refractivity contribution is 7.86. The van der Waals surface area contributed by atoms with Gasteiger partial charge in [0.15, 0.2) is 0 Å². The van der Waals surface area contributed by atoms with E-state index in [1.807, 2.05) is 0 Å². The van der Waals surface area contributed by atoms with Crippen LogP contribution in [0, 0.1) is 0 Å². The smallest absolute Gasteiger partial charge is 0.336 e. The summed E-state index contributed by atoms with van der Waals surface area (Å²) in [5.41, 5.74) is -4.04. The van der Waals surface area contributed by atoms with Gasteiger partial charge < -0.3 is 30.6 Å². The van der Waals surface area contributed by atoms with Crippen molar-refractivity contribution in [2.75, 3.05) is 0 Å². The van der Waals surface area contributed by atoms with E-state index in [0.29, 0.717) is 0 Å². The second-order valence-corrected chi connectivity index (χ2v) is 25.1. The van der Waals surface area contributed by atoms with Crippen LogP contribution in [0.1, 0.15) is 95.5 Å². The Bertz CT molecular complexity index is 3110. The van der Waals surface area contributed by atoms with E-state index in [-0.39, 0.29) is 62.8 Å². The van der Waals surface area contributed by atoms with Gasteiger partial charge in [0.25, 0.3) is 0 Å². The molecule has 0 fully saturated rings. The molecule has 7 aromatic carbocycles. The van der Waals surface area contributed by atoms with E-state index in [0.717, 1.165) is 36.4 Å². The highest BCUT2D eigenvalue weighted by atomic mass is 32.2. The molecule has 6 atom stereocenters. The van der Waals surface area contributed by atoms with Gasteiger partial charge in [-0.05, 0) is 106 Å². The molecule has 0 saturated carbocycles. The molecule has 0 aliphatic rings. The van der Waals surface area contributed by atoms with Crippen LogP contribution in [0.4, 0.5) is 0 Å². The van der Waals surface area contributed by atoms with E-state index in [9.17, 15) is 59.4 Å². The van der Waals surface area contributed by atoms with E-state index < -0.39 is 169 Å². The maximum Gasteiger partial charge on any atom is 0.336 e. The maximum absolute atomic E-state index is 15.1. The zero-order chi connectivity index (χ0) is 56.5. The van der Waals surface area contributed by atoms with Crippen LogP contribution in [-0.2, 0) is 99.3 Å². The summed E-state index contributed by atoms with van der Waals surface area (Å²) in [7, 11) is -15.1. The third-order valence-electron chi connectivity index (χ3n) is 12.0. The van der Waals surface area contributed by atoms with E-state index >= 15 is 25.3 Å². The van der Waals surface area contributed by atoms with Crippen molar-refractivity contribution in [1.29, 1.82) is 0 Å². The third-order valence-corrected chi connectivity index (χ3v) is 20.4. The number of carbonyl (C=O) groups is 6. The topological polar surface area (TPSA) is 326 Å². The zero-order valence-corrected chi connectivity index (χ0v) is 45.0. The molecule has 7 aromatic rings. The number of benzene rings is 7. The Balaban J connectivity index is 1.70. The molecule has 0 aromatic heterocycles. The molecule has 24 heteroatoms. The van der Waals surface area contributed by atoms with Crippen molar-refractivity contribution >= 4 is 101 Å². The second-order valence-electron chi connectivity index (χ2n) is 16.6. The lowest BCUT2D eigenvalue weighted by atomic mass is 9.90. The Labute approximate surface area is 458 Å². The fraction of sp³-hybridized carbons (Fsp3) is 0.111. The Hall–Kier alpha value is -7.74. The van der Waals surface area contributed by atoms with Gasteiger partial charge in [-0.1, -0.05) is 72.8 Å². The predicted molar refractivity (Wildman–Crippen MR) is 288 cm³/mol. The van der Waals surface area contributed by atoms with Gasteiger partial charge in [-0.2, -0.15) is 0 Å². The first-order chi connectivity index (χ1) is 37.2. The minimum atomic E-state index is -2.52. The first kappa shape index (κ1) is 58.0. The molecule has 0 aliphatic heterocycles.